The number of fused-ring (bicyclic) bond motifs is 5. The van der Waals surface area contributed by atoms with E-state index in [-0.39, 0.29) is 30.7 Å². The SMILES string of the molecule is CC(C)=CCC/C(C)=C/CN1C(=O)[C@]2(O[C@H](CC(=O)N3Cc4ccccc4C[C@H]3CO)[C@@H]([Si](C)(C)O)[C@@H]2C)c2cc(N3C(=O)c4ccccc4Oc4ccccc43)ccc21. The number of ether oxygens (including phenoxy) is 2. The molecule has 4 aromatic rings. The molecule has 0 aromatic heterocycles. The first-order chi connectivity index (χ1) is 28.7. The molecule has 1 saturated heterocycles. The van der Waals surface area contributed by atoms with E-state index < -0.39 is 37.5 Å². The zero-order valence-corrected chi connectivity index (χ0v) is 36.4. The molecular weight excluding hydrogens is 771 g/mol. The Bertz CT molecular complexity index is 2400. The Morgan fingerprint density at radius 2 is 1.60 bits per heavy atom. The highest BCUT2D eigenvalue weighted by Crippen LogP contribution is 2.60. The summed E-state index contributed by atoms with van der Waals surface area (Å²) in [5, 5.41) is 10.5. The maximum absolute atomic E-state index is 15.4. The molecule has 0 aliphatic carbocycles. The minimum absolute atomic E-state index is 0.0653. The van der Waals surface area contributed by atoms with Crippen LogP contribution < -0.4 is 14.5 Å². The van der Waals surface area contributed by atoms with Crippen LogP contribution >= 0.6 is 0 Å². The second kappa shape index (κ2) is 16.3. The maximum Gasteiger partial charge on any atom is 0.266 e. The number of amides is 3. The number of anilines is 3. The topological polar surface area (TPSA) is 120 Å². The molecule has 5 atom stereocenters. The molecule has 8 rings (SSSR count). The highest BCUT2D eigenvalue weighted by atomic mass is 28.4. The monoisotopic (exact) mass is 825 g/mol. The van der Waals surface area contributed by atoms with Crippen molar-refractivity contribution in [2.45, 2.75) is 96.3 Å². The Kier molecular flexibility index (Phi) is 11.2. The van der Waals surface area contributed by atoms with Gasteiger partial charge in [-0.2, -0.15) is 0 Å². The molecule has 312 valence electrons. The van der Waals surface area contributed by atoms with Crippen molar-refractivity contribution >= 4 is 43.1 Å². The molecule has 1 spiro atoms. The van der Waals surface area contributed by atoms with Gasteiger partial charge in [-0.05, 0) is 107 Å². The van der Waals surface area contributed by atoms with Crippen LogP contribution in [0.3, 0.4) is 0 Å². The van der Waals surface area contributed by atoms with E-state index in [1.165, 1.54) is 5.57 Å². The molecule has 0 unspecified atom stereocenters. The second-order valence-electron chi connectivity index (χ2n) is 17.6. The predicted molar refractivity (Wildman–Crippen MR) is 236 cm³/mol. The van der Waals surface area contributed by atoms with Gasteiger partial charge in [0.05, 0.1) is 42.1 Å². The zero-order chi connectivity index (χ0) is 42.5. The van der Waals surface area contributed by atoms with Crippen molar-refractivity contribution in [3.63, 3.8) is 0 Å². The van der Waals surface area contributed by atoms with Crippen molar-refractivity contribution in [2.24, 2.45) is 5.92 Å². The van der Waals surface area contributed by atoms with Crippen LogP contribution in [0.15, 0.2) is 114 Å². The Labute approximate surface area is 353 Å². The van der Waals surface area contributed by atoms with Gasteiger partial charge in [0.2, 0.25) is 5.91 Å². The number of para-hydroxylation sites is 3. The molecule has 4 aromatic carbocycles. The predicted octanol–water partition coefficient (Wildman–Crippen LogP) is 8.94. The minimum Gasteiger partial charge on any atom is -0.454 e. The highest BCUT2D eigenvalue weighted by Gasteiger charge is 2.66. The van der Waals surface area contributed by atoms with Crippen molar-refractivity contribution in [3.05, 3.63) is 137 Å². The molecule has 11 heteroatoms. The number of nitrogens with zero attached hydrogens (tertiary/aromatic N) is 3. The van der Waals surface area contributed by atoms with E-state index in [4.69, 9.17) is 9.47 Å². The Morgan fingerprint density at radius 3 is 2.33 bits per heavy atom. The largest absolute Gasteiger partial charge is 0.454 e. The van der Waals surface area contributed by atoms with Gasteiger partial charge < -0.3 is 29.2 Å². The molecule has 60 heavy (non-hydrogen) atoms. The lowest BCUT2D eigenvalue weighted by Gasteiger charge is -2.37. The lowest BCUT2D eigenvalue weighted by atomic mass is 9.82. The van der Waals surface area contributed by atoms with E-state index in [0.29, 0.717) is 59.2 Å². The third-order valence-corrected chi connectivity index (χ3v) is 15.4. The minimum atomic E-state index is -3.14. The van der Waals surface area contributed by atoms with Crippen LogP contribution in [0.2, 0.25) is 18.6 Å². The third kappa shape index (κ3) is 7.31. The van der Waals surface area contributed by atoms with Crippen LogP contribution in [0.5, 0.6) is 11.5 Å². The molecule has 1 fully saturated rings. The van der Waals surface area contributed by atoms with E-state index in [2.05, 4.69) is 32.9 Å². The first-order valence-electron chi connectivity index (χ1n) is 21.1. The summed E-state index contributed by atoms with van der Waals surface area (Å²) in [7, 11) is -3.14. The summed E-state index contributed by atoms with van der Waals surface area (Å²) in [5.41, 5.74) is 5.21. The van der Waals surface area contributed by atoms with Crippen LogP contribution in [0.1, 0.15) is 74.0 Å². The number of allylic oxidation sites excluding steroid dienone is 3. The van der Waals surface area contributed by atoms with Crippen LogP contribution in [-0.2, 0) is 32.9 Å². The van der Waals surface area contributed by atoms with E-state index in [0.717, 1.165) is 29.5 Å². The van der Waals surface area contributed by atoms with Gasteiger partial charge in [-0.25, -0.2) is 0 Å². The fraction of sp³-hybridized carbons (Fsp3) is 0.367. The number of aliphatic hydroxyl groups is 1. The average Bonchev–Trinajstić information content (AvgIpc) is 3.60. The number of carbonyl (C=O) groups excluding carboxylic acids is 3. The summed E-state index contributed by atoms with van der Waals surface area (Å²) in [4.78, 5) is 61.6. The molecule has 4 aliphatic heterocycles. The summed E-state index contributed by atoms with van der Waals surface area (Å²) in [5.74, 6) is -0.322. The Morgan fingerprint density at radius 1 is 0.900 bits per heavy atom. The lowest BCUT2D eigenvalue weighted by Crippen LogP contribution is -2.48. The zero-order valence-electron chi connectivity index (χ0n) is 35.4. The molecule has 3 amide bonds. The number of rotatable bonds is 10. The van der Waals surface area contributed by atoms with Gasteiger partial charge in [0.1, 0.15) is 5.75 Å². The number of hydrogen-bond acceptors (Lipinski definition) is 7. The van der Waals surface area contributed by atoms with Crippen LogP contribution in [-0.4, -0.2) is 66.1 Å². The van der Waals surface area contributed by atoms with Gasteiger partial charge in [0.15, 0.2) is 19.7 Å². The second-order valence-corrected chi connectivity index (χ2v) is 21.6. The van der Waals surface area contributed by atoms with Gasteiger partial charge in [-0.15, -0.1) is 0 Å². The van der Waals surface area contributed by atoms with Crippen LogP contribution in [0.25, 0.3) is 0 Å². The van der Waals surface area contributed by atoms with E-state index in [1.807, 2.05) is 92.8 Å². The van der Waals surface area contributed by atoms with Crippen LogP contribution in [0, 0.1) is 5.92 Å². The Hall–Kier alpha value is -5.33. The fourth-order valence-corrected chi connectivity index (χ4v) is 12.5. The van der Waals surface area contributed by atoms with Gasteiger partial charge in [-0.1, -0.05) is 78.8 Å². The number of aliphatic hydroxyl groups excluding tert-OH is 1. The standard InChI is InChI=1S/C49H55N3O7Si/c1-31(2)14-13-15-32(3)24-25-50-40-23-22-36(52-41-19-10-12-21-43(41)58-42-20-11-9-18-38(42)47(52)55)27-39(40)49(48(50)56)33(4)46(60(5,6)57)44(59-49)28-45(54)51-29-35-17-8-7-16-34(35)26-37(51)30-53/h7-12,14,16-24,27,33,37,44,46,53,57H,13,15,25-26,28-30H2,1-6H3/b32-24+/t33-,37-,44+,46-,49+/m0/s1. The van der Waals surface area contributed by atoms with Gasteiger partial charge in [-0.3, -0.25) is 19.3 Å². The first-order valence-corrected chi connectivity index (χ1v) is 24.1. The summed E-state index contributed by atoms with van der Waals surface area (Å²) in [6.45, 7) is 12.4. The molecule has 0 saturated carbocycles. The quantitative estimate of drug-likeness (QED) is 0.121. The van der Waals surface area contributed by atoms with E-state index in [1.54, 1.807) is 32.9 Å². The average molecular weight is 826 g/mol. The van der Waals surface area contributed by atoms with Crippen molar-refractivity contribution in [2.75, 3.05) is 23.0 Å². The summed E-state index contributed by atoms with van der Waals surface area (Å²) in [6, 6.07) is 27.7. The van der Waals surface area contributed by atoms with Crippen LogP contribution in [0.4, 0.5) is 17.1 Å². The van der Waals surface area contributed by atoms with Crippen molar-refractivity contribution in [3.8, 4) is 11.5 Å². The van der Waals surface area contributed by atoms with Crippen molar-refractivity contribution in [1.29, 1.82) is 0 Å². The fourth-order valence-electron chi connectivity index (χ4n) is 9.92. The van der Waals surface area contributed by atoms with E-state index in [9.17, 15) is 19.5 Å². The van der Waals surface area contributed by atoms with Crippen molar-refractivity contribution in [1.82, 2.24) is 4.90 Å². The number of hydrogen-bond donors (Lipinski definition) is 2. The Balaban J connectivity index is 1.22. The molecule has 0 radical (unpaired) electrons. The maximum atomic E-state index is 15.4. The van der Waals surface area contributed by atoms with E-state index >= 15 is 4.79 Å². The number of benzene rings is 4. The smallest absolute Gasteiger partial charge is 0.266 e. The summed E-state index contributed by atoms with van der Waals surface area (Å²) < 4.78 is 13.5. The molecule has 4 aliphatic rings. The van der Waals surface area contributed by atoms with Crippen molar-refractivity contribution < 1.29 is 33.8 Å². The molecule has 0 bridgehead atoms. The summed E-state index contributed by atoms with van der Waals surface area (Å²) >= 11 is 0. The molecule has 2 N–H and O–H groups in total. The molecule has 10 nitrogen and oxygen atoms in total. The lowest BCUT2D eigenvalue weighted by molar-refractivity contribution is -0.150. The highest BCUT2D eigenvalue weighted by molar-refractivity contribution is 6.71. The molecular formula is C49H55N3O7Si. The first kappa shape index (κ1) is 41.4. The normalized spacial score (nSPS) is 23.5. The van der Waals surface area contributed by atoms with Gasteiger partial charge >= 0.3 is 0 Å². The third-order valence-electron chi connectivity index (χ3n) is 12.8. The van der Waals surface area contributed by atoms with Gasteiger partial charge in [0.25, 0.3) is 11.8 Å². The van der Waals surface area contributed by atoms with Gasteiger partial charge in [0, 0.05) is 35.8 Å². The molecule has 4 heterocycles. The number of carbonyl (C=O) groups is 3. The summed E-state index contributed by atoms with van der Waals surface area (Å²) in [6.07, 6.45) is 5.71.